The van der Waals surface area contributed by atoms with Crippen LogP contribution in [-0.2, 0) is 16.0 Å². The van der Waals surface area contributed by atoms with Gasteiger partial charge in [0.2, 0.25) is 5.91 Å². The van der Waals surface area contributed by atoms with Crippen LogP contribution in [0.15, 0.2) is 15.9 Å². The fourth-order valence-corrected chi connectivity index (χ4v) is 3.64. The van der Waals surface area contributed by atoms with Gasteiger partial charge in [0.05, 0.1) is 16.8 Å². The van der Waals surface area contributed by atoms with Gasteiger partial charge in [-0.3, -0.25) is 9.59 Å². The van der Waals surface area contributed by atoms with Crippen molar-refractivity contribution in [2.75, 3.05) is 6.54 Å². The molecule has 5 heteroatoms. The van der Waals surface area contributed by atoms with Crippen molar-refractivity contribution in [2.24, 2.45) is 0 Å². The van der Waals surface area contributed by atoms with Crippen molar-refractivity contribution in [1.29, 1.82) is 0 Å². The Hall–Kier alpha value is -0.680. The van der Waals surface area contributed by atoms with Crippen molar-refractivity contribution in [3.63, 3.8) is 0 Å². The molecule has 0 aliphatic carbocycles. The molecule has 1 aromatic rings. The van der Waals surface area contributed by atoms with Crippen LogP contribution < -0.4 is 0 Å². The third-order valence-corrected chi connectivity index (χ3v) is 4.96. The molecule has 18 heavy (non-hydrogen) atoms. The Labute approximate surface area is 119 Å². The molecule has 3 nitrogen and oxygen atoms in total. The van der Waals surface area contributed by atoms with E-state index >= 15 is 0 Å². The summed E-state index contributed by atoms with van der Waals surface area (Å²) in [4.78, 5) is 26.6. The van der Waals surface area contributed by atoms with Gasteiger partial charge in [0, 0.05) is 16.8 Å². The van der Waals surface area contributed by atoms with Crippen molar-refractivity contribution < 1.29 is 9.59 Å². The molecule has 1 amide bonds. The summed E-state index contributed by atoms with van der Waals surface area (Å²) in [6, 6.07) is 3.89. The molecule has 0 atom stereocenters. The molecule has 2 rings (SSSR count). The van der Waals surface area contributed by atoms with Gasteiger partial charge in [-0.1, -0.05) is 0 Å². The highest BCUT2D eigenvalue weighted by Gasteiger charge is 2.36. The third kappa shape index (κ3) is 3.01. The van der Waals surface area contributed by atoms with Gasteiger partial charge in [-0.05, 0) is 48.3 Å². The number of Topliss-reactive ketones (excluding diaryl/α,β-unsaturated/α-hetero) is 1. The van der Waals surface area contributed by atoms with Crippen molar-refractivity contribution in [3.05, 3.63) is 20.8 Å². The first kappa shape index (κ1) is 13.7. The van der Waals surface area contributed by atoms with E-state index in [4.69, 9.17) is 0 Å². The Kier molecular flexibility index (Phi) is 3.92. The Morgan fingerprint density at radius 1 is 1.50 bits per heavy atom. The van der Waals surface area contributed by atoms with Crippen molar-refractivity contribution in [3.8, 4) is 0 Å². The minimum atomic E-state index is -0.209. The molecule has 0 unspecified atom stereocenters. The summed E-state index contributed by atoms with van der Waals surface area (Å²) >= 11 is 4.95. The fraction of sp³-hybridized carbons (Fsp3) is 0.538. The van der Waals surface area contributed by atoms with Gasteiger partial charge in [-0.15, -0.1) is 11.3 Å². The van der Waals surface area contributed by atoms with Gasteiger partial charge in [0.25, 0.3) is 0 Å². The molecule has 2 heterocycles. The Balaban J connectivity index is 2.09. The SMILES string of the molecule is CC1(C)CCC(=O)CN1C(=O)Cc1ccc(Br)s1. The van der Waals surface area contributed by atoms with Gasteiger partial charge in [-0.2, -0.15) is 0 Å². The van der Waals surface area contributed by atoms with Crippen LogP contribution in [0.2, 0.25) is 0 Å². The summed E-state index contributed by atoms with van der Waals surface area (Å²) in [6.07, 6.45) is 1.72. The van der Waals surface area contributed by atoms with Crippen LogP contribution in [0.5, 0.6) is 0 Å². The fourth-order valence-electron chi connectivity index (χ4n) is 2.17. The maximum atomic E-state index is 12.3. The van der Waals surface area contributed by atoms with Crippen molar-refractivity contribution in [1.82, 2.24) is 4.90 Å². The maximum absolute atomic E-state index is 12.3. The molecular formula is C13H16BrNO2S. The zero-order valence-electron chi connectivity index (χ0n) is 10.5. The monoisotopic (exact) mass is 329 g/mol. The van der Waals surface area contributed by atoms with Gasteiger partial charge >= 0.3 is 0 Å². The number of amides is 1. The maximum Gasteiger partial charge on any atom is 0.228 e. The van der Waals surface area contributed by atoms with E-state index in [-0.39, 0.29) is 23.8 Å². The van der Waals surface area contributed by atoms with Crippen LogP contribution in [0.1, 0.15) is 31.6 Å². The van der Waals surface area contributed by atoms with Gasteiger partial charge < -0.3 is 4.90 Å². The first-order chi connectivity index (χ1) is 8.38. The Morgan fingerprint density at radius 2 is 2.22 bits per heavy atom. The van der Waals surface area contributed by atoms with E-state index in [0.29, 0.717) is 12.8 Å². The average Bonchev–Trinajstić information content (AvgIpc) is 2.67. The molecule has 98 valence electrons. The smallest absolute Gasteiger partial charge is 0.228 e. The molecule has 0 spiro atoms. The zero-order valence-corrected chi connectivity index (χ0v) is 12.9. The quantitative estimate of drug-likeness (QED) is 0.836. The van der Waals surface area contributed by atoms with E-state index in [9.17, 15) is 9.59 Å². The highest BCUT2D eigenvalue weighted by atomic mass is 79.9. The molecule has 0 saturated carbocycles. The number of piperidine rings is 1. The third-order valence-electron chi connectivity index (χ3n) is 3.34. The largest absolute Gasteiger partial charge is 0.330 e. The number of carbonyl (C=O) groups is 2. The number of hydrogen-bond acceptors (Lipinski definition) is 3. The summed E-state index contributed by atoms with van der Waals surface area (Å²) < 4.78 is 1.03. The summed E-state index contributed by atoms with van der Waals surface area (Å²) in [6.45, 7) is 4.32. The second-order valence-corrected chi connectivity index (χ2v) is 7.76. The summed E-state index contributed by atoms with van der Waals surface area (Å²) in [5.41, 5.74) is -0.209. The molecule has 1 fully saturated rings. The summed E-state index contributed by atoms with van der Waals surface area (Å²) in [5, 5.41) is 0. The lowest BCUT2D eigenvalue weighted by molar-refractivity contribution is -0.144. The number of likely N-dealkylation sites (tertiary alicyclic amines) is 1. The molecular weight excluding hydrogens is 314 g/mol. The molecule has 0 radical (unpaired) electrons. The number of carbonyl (C=O) groups excluding carboxylic acids is 2. The normalized spacial score (nSPS) is 19.1. The van der Waals surface area contributed by atoms with Gasteiger partial charge in [0.1, 0.15) is 0 Å². The number of nitrogens with zero attached hydrogens (tertiary/aromatic N) is 1. The highest BCUT2D eigenvalue weighted by molar-refractivity contribution is 9.11. The molecule has 0 aromatic carbocycles. The lowest BCUT2D eigenvalue weighted by Gasteiger charge is -2.41. The molecule has 1 aliphatic heterocycles. The Bertz CT molecular complexity index is 481. The van der Waals surface area contributed by atoms with Gasteiger partial charge in [0.15, 0.2) is 5.78 Å². The first-order valence-electron chi connectivity index (χ1n) is 5.95. The summed E-state index contributed by atoms with van der Waals surface area (Å²) in [5.74, 6) is 0.206. The van der Waals surface area contributed by atoms with E-state index in [2.05, 4.69) is 15.9 Å². The van der Waals surface area contributed by atoms with Crippen LogP contribution in [0.3, 0.4) is 0 Å². The zero-order chi connectivity index (χ0) is 13.3. The van der Waals surface area contributed by atoms with E-state index < -0.39 is 0 Å². The lowest BCUT2D eigenvalue weighted by Crippen LogP contribution is -2.54. The van der Waals surface area contributed by atoms with Crippen molar-refractivity contribution in [2.45, 2.75) is 38.6 Å². The second kappa shape index (κ2) is 5.13. The summed E-state index contributed by atoms with van der Waals surface area (Å²) in [7, 11) is 0. The minimum absolute atomic E-state index is 0.0439. The number of halogens is 1. The molecule has 1 aliphatic rings. The van der Waals surface area contributed by atoms with Crippen molar-refractivity contribution >= 4 is 39.0 Å². The molecule has 0 bridgehead atoms. The molecule has 0 N–H and O–H groups in total. The Morgan fingerprint density at radius 3 is 2.83 bits per heavy atom. The van der Waals surface area contributed by atoms with Gasteiger partial charge in [-0.25, -0.2) is 0 Å². The van der Waals surface area contributed by atoms with E-state index in [1.807, 2.05) is 26.0 Å². The molecule has 1 saturated heterocycles. The van der Waals surface area contributed by atoms with Crippen LogP contribution in [0, 0.1) is 0 Å². The number of hydrogen-bond donors (Lipinski definition) is 0. The van der Waals surface area contributed by atoms with E-state index in [1.54, 1.807) is 16.2 Å². The van der Waals surface area contributed by atoms with Crippen LogP contribution in [0.25, 0.3) is 0 Å². The predicted octanol–water partition coefficient (Wildman–Crippen LogP) is 3.02. The van der Waals surface area contributed by atoms with Crippen LogP contribution >= 0.6 is 27.3 Å². The van der Waals surface area contributed by atoms with Crippen LogP contribution in [-0.4, -0.2) is 28.7 Å². The van der Waals surface area contributed by atoms with Crippen LogP contribution in [0.4, 0.5) is 0 Å². The van der Waals surface area contributed by atoms with E-state index in [1.165, 1.54) is 0 Å². The highest BCUT2D eigenvalue weighted by Crippen LogP contribution is 2.28. The number of thiophene rings is 1. The number of ketones is 1. The van der Waals surface area contributed by atoms with E-state index in [0.717, 1.165) is 15.1 Å². The topological polar surface area (TPSA) is 37.4 Å². The number of rotatable bonds is 2. The predicted molar refractivity (Wildman–Crippen MR) is 75.8 cm³/mol. The lowest BCUT2D eigenvalue weighted by atomic mass is 9.89. The molecule has 1 aromatic heterocycles. The minimum Gasteiger partial charge on any atom is -0.330 e. The standard InChI is InChI=1S/C13H16BrNO2S/c1-13(2)6-5-9(16)8-15(13)12(17)7-10-3-4-11(14)18-10/h3-4H,5-8H2,1-2H3. The second-order valence-electron chi connectivity index (χ2n) is 5.21. The first-order valence-corrected chi connectivity index (χ1v) is 7.56. The average molecular weight is 330 g/mol.